The number of nitrogens with two attached hydrogens (primary N) is 1. The van der Waals surface area contributed by atoms with Crippen LogP contribution in [0.15, 0.2) is 18.2 Å². The number of methoxy groups -OCH3 is 2. The standard InChI is InChI=1S/C14H21NO4/c1-9(15)7-11-5-6-12(17-3)13(8-11)19-10(2)14(16)18-4/h5-6,8-10H,7,15H2,1-4H3. The molecule has 5 nitrogen and oxygen atoms in total. The van der Waals surface area contributed by atoms with Crippen LogP contribution in [0.2, 0.25) is 0 Å². The molecule has 0 radical (unpaired) electrons. The van der Waals surface area contributed by atoms with E-state index in [0.717, 1.165) is 12.0 Å². The molecule has 0 saturated heterocycles. The van der Waals surface area contributed by atoms with Gasteiger partial charge in [0, 0.05) is 6.04 Å². The molecule has 0 aliphatic rings. The van der Waals surface area contributed by atoms with Crippen LogP contribution < -0.4 is 15.2 Å². The van der Waals surface area contributed by atoms with E-state index in [1.165, 1.54) is 7.11 Å². The van der Waals surface area contributed by atoms with E-state index in [0.29, 0.717) is 11.5 Å². The van der Waals surface area contributed by atoms with Crippen LogP contribution in [-0.2, 0) is 16.0 Å². The van der Waals surface area contributed by atoms with E-state index < -0.39 is 12.1 Å². The maximum Gasteiger partial charge on any atom is 0.346 e. The van der Waals surface area contributed by atoms with Crippen LogP contribution in [0.1, 0.15) is 19.4 Å². The molecule has 0 amide bonds. The third-order valence-corrected chi connectivity index (χ3v) is 2.62. The highest BCUT2D eigenvalue weighted by atomic mass is 16.6. The number of hydrogen-bond donors (Lipinski definition) is 1. The van der Waals surface area contributed by atoms with Crippen molar-refractivity contribution in [2.45, 2.75) is 32.4 Å². The number of hydrogen-bond acceptors (Lipinski definition) is 5. The van der Waals surface area contributed by atoms with Crippen molar-refractivity contribution < 1.29 is 19.0 Å². The summed E-state index contributed by atoms with van der Waals surface area (Å²) in [4.78, 5) is 11.4. The van der Waals surface area contributed by atoms with Crippen molar-refractivity contribution >= 4 is 5.97 Å². The minimum absolute atomic E-state index is 0.0549. The average Bonchev–Trinajstić information content (AvgIpc) is 2.37. The molecule has 0 aliphatic carbocycles. The van der Waals surface area contributed by atoms with E-state index in [4.69, 9.17) is 15.2 Å². The zero-order valence-electron chi connectivity index (χ0n) is 11.8. The lowest BCUT2D eigenvalue weighted by Gasteiger charge is -2.16. The monoisotopic (exact) mass is 267 g/mol. The molecule has 0 heterocycles. The Morgan fingerprint density at radius 3 is 2.47 bits per heavy atom. The van der Waals surface area contributed by atoms with Gasteiger partial charge in [0.1, 0.15) is 0 Å². The Morgan fingerprint density at radius 2 is 1.95 bits per heavy atom. The summed E-state index contributed by atoms with van der Waals surface area (Å²) in [6.07, 6.45) is 0.0388. The molecule has 1 rings (SSSR count). The van der Waals surface area contributed by atoms with Gasteiger partial charge in [-0.05, 0) is 38.0 Å². The van der Waals surface area contributed by atoms with Gasteiger partial charge in [-0.1, -0.05) is 6.07 Å². The Morgan fingerprint density at radius 1 is 1.26 bits per heavy atom. The van der Waals surface area contributed by atoms with E-state index in [2.05, 4.69) is 4.74 Å². The largest absolute Gasteiger partial charge is 0.493 e. The van der Waals surface area contributed by atoms with Gasteiger partial charge in [-0.25, -0.2) is 4.79 Å². The minimum Gasteiger partial charge on any atom is -0.493 e. The quantitative estimate of drug-likeness (QED) is 0.791. The van der Waals surface area contributed by atoms with Crippen LogP contribution in [-0.4, -0.2) is 32.3 Å². The number of ether oxygens (including phenoxy) is 3. The first-order valence-corrected chi connectivity index (χ1v) is 6.15. The van der Waals surface area contributed by atoms with Crippen LogP contribution in [0.25, 0.3) is 0 Å². The van der Waals surface area contributed by atoms with Crippen molar-refractivity contribution in [2.24, 2.45) is 5.73 Å². The summed E-state index contributed by atoms with van der Waals surface area (Å²) in [5.74, 6) is 0.655. The summed E-state index contributed by atoms with van der Waals surface area (Å²) >= 11 is 0. The molecule has 0 spiro atoms. The second kappa shape index (κ2) is 6.99. The van der Waals surface area contributed by atoms with E-state index in [1.54, 1.807) is 20.1 Å². The lowest BCUT2D eigenvalue weighted by atomic mass is 10.1. The molecule has 106 valence electrons. The molecule has 0 fully saturated rings. The summed E-state index contributed by atoms with van der Waals surface area (Å²) in [6, 6.07) is 5.62. The Bertz CT molecular complexity index is 431. The molecule has 2 N–H and O–H groups in total. The third kappa shape index (κ3) is 4.44. The molecular formula is C14H21NO4. The molecule has 2 atom stereocenters. The second-order valence-electron chi connectivity index (χ2n) is 4.45. The Kier molecular flexibility index (Phi) is 5.63. The topological polar surface area (TPSA) is 70.8 Å². The van der Waals surface area contributed by atoms with E-state index >= 15 is 0 Å². The predicted octanol–water partition coefficient (Wildman–Crippen LogP) is 1.53. The Hall–Kier alpha value is -1.75. The maximum absolute atomic E-state index is 11.4. The highest BCUT2D eigenvalue weighted by molar-refractivity contribution is 5.74. The van der Waals surface area contributed by atoms with E-state index in [9.17, 15) is 4.79 Å². The molecule has 5 heteroatoms. The van der Waals surface area contributed by atoms with Crippen LogP contribution >= 0.6 is 0 Å². The molecular weight excluding hydrogens is 246 g/mol. The summed E-state index contributed by atoms with van der Waals surface area (Å²) < 4.78 is 15.4. The predicted molar refractivity (Wildman–Crippen MR) is 72.5 cm³/mol. The number of rotatable bonds is 6. The average molecular weight is 267 g/mol. The number of carbonyl (C=O) groups excluding carboxylic acids is 1. The third-order valence-electron chi connectivity index (χ3n) is 2.62. The summed E-state index contributed by atoms with van der Waals surface area (Å²) in [6.45, 7) is 3.56. The van der Waals surface area contributed by atoms with E-state index in [1.807, 2.05) is 19.1 Å². The lowest BCUT2D eigenvalue weighted by Crippen LogP contribution is -2.25. The molecule has 0 bridgehead atoms. The fourth-order valence-electron chi connectivity index (χ4n) is 1.72. The van der Waals surface area contributed by atoms with Gasteiger partial charge in [0.25, 0.3) is 0 Å². The highest BCUT2D eigenvalue weighted by Gasteiger charge is 2.17. The van der Waals surface area contributed by atoms with Gasteiger partial charge >= 0.3 is 5.97 Å². The first-order chi connectivity index (χ1) is 8.97. The lowest BCUT2D eigenvalue weighted by molar-refractivity contribution is -0.147. The molecule has 1 aromatic carbocycles. The van der Waals surface area contributed by atoms with Crippen LogP contribution in [0, 0.1) is 0 Å². The molecule has 0 aliphatic heterocycles. The van der Waals surface area contributed by atoms with Gasteiger partial charge in [-0.2, -0.15) is 0 Å². The van der Waals surface area contributed by atoms with Gasteiger partial charge in [0.05, 0.1) is 14.2 Å². The normalized spacial score (nSPS) is 13.5. The minimum atomic E-state index is -0.690. The zero-order chi connectivity index (χ0) is 14.4. The summed E-state index contributed by atoms with van der Waals surface area (Å²) in [5.41, 5.74) is 6.80. The molecule has 0 aromatic heterocycles. The van der Waals surface area contributed by atoms with Gasteiger partial charge < -0.3 is 19.9 Å². The van der Waals surface area contributed by atoms with Crippen molar-refractivity contribution in [3.8, 4) is 11.5 Å². The van der Waals surface area contributed by atoms with Crippen molar-refractivity contribution in [1.82, 2.24) is 0 Å². The van der Waals surface area contributed by atoms with E-state index in [-0.39, 0.29) is 6.04 Å². The van der Waals surface area contributed by atoms with Crippen molar-refractivity contribution in [3.63, 3.8) is 0 Å². The van der Waals surface area contributed by atoms with Crippen molar-refractivity contribution in [3.05, 3.63) is 23.8 Å². The maximum atomic E-state index is 11.4. The number of benzene rings is 1. The fraction of sp³-hybridized carbons (Fsp3) is 0.500. The van der Waals surface area contributed by atoms with Gasteiger partial charge in [-0.3, -0.25) is 0 Å². The molecule has 1 aromatic rings. The molecule has 19 heavy (non-hydrogen) atoms. The van der Waals surface area contributed by atoms with Crippen molar-refractivity contribution in [2.75, 3.05) is 14.2 Å². The second-order valence-corrected chi connectivity index (χ2v) is 4.45. The Balaban J connectivity index is 2.92. The first kappa shape index (κ1) is 15.3. The zero-order valence-corrected chi connectivity index (χ0v) is 11.8. The van der Waals surface area contributed by atoms with Crippen LogP contribution in [0.5, 0.6) is 11.5 Å². The fourth-order valence-corrected chi connectivity index (χ4v) is 1.72. The van der Waals surface area contributed by atoms with Crippen LogP contribution in [0.4, 0.5) is 0 Å². The summed E-state index contributed by atoms with van der Waals surface area (Å²) in [5, 5.41) is 0. The number of carbonyl (C=O) groups is 1. The molecule has 2 unspecified atom stereocenters. The summed E-state index contributed by atoms with van der Waals surface area (Å²) in [7, 11) is 2.88. The van der Waals surface area contributed by atoms with Crippen LogP contribution in [0.3, 0.4) is 0 Å². The van der Waals surface area contributed by atoms with Gasteiger partial charge in [0.2, 0.25) is 0 Å². The molecule has 0 saturated carbocycles. The SMILES string of the molecule is COC(=O)C(C)Oc1cc(CC(C)N)ccc1OC. The van der Waals surface area contributed by atoms with Gasteiger partial charge in [0.15, 0.2) is 17.6 Å². The first-order valence-electron chi connectivity index (χ1n) is 6.15. The highest BCUT2D eigenvalue weighted by Crippen LogP contribution is 2.29. The smallest absolute Gasteiger partial charge is 0.346 e. The Labute approximate surface area is 113 Å². The van der Waals surface area contributed by atoms with Crippen molar-refractivity contribution in [1.29, 1.82) is 0 Å². The van der Waals surface area contributed by atoms with Gasteiger partial charge in [-0.15, -0.1) is 0 Å². The number of esters is 1.